The van der Waals surface area contributed by atoms with Crippen LogP contribution in [0.1, 0.15) is 36.6 Å². The van der Waals surface area contributed by atoms with Crippen molar-refractivity contribution < 1.29 is 24.2 Å². The Morgan fingerprint density at radius 1 is 1.03 bits per heavy atom. The van der Waals surface area contributed by atoms with Crippen LogP contribution in [-0.4, -0.2) is 43.6 Å². The molecule has 1 amide bonds. The molecular formula is C30H30N2O5. The van der Waals surface area contributed by atoms with Gasteiger partial charge >= 0.3 is 0 Å². The molecule has 1 unspecified atom stereocenters. The van der Waals surface area contributed by atoms with E-state index in [0.717, 1.165) is 42.1 Å². The second-order valence-corrected chi connectivity index (χ2v) is 9.05. The Balaban J connectivity index is 1.65. The van der Waals surface area contributed by atoms with Gasteiger partial charge in [-0.3, -0.25) is 14.5 Å². The maximum atomic E-state index is 13.4. The molecule has 2 heterocycles. The summed E-state index contributed by atoms with van der Waals surface area (Å²) in [6.07, 6.45) is 0.729. The number of hydrogen-bond acceptors (Lipinski definition) is 6. The number of amides is 1. The van der Waals surface area contributed by atoms with E-state index in [4.69, 9.17) is 9.47 Å². The van der Waals surface area contributed by atoms with Gasteiger partial charge in [-0.2, -0.15) is 0 Å². The zero-order chi connectivity index (χ0) is 26.1. The van der Waals surface area contributed by atoms with E-state index in [1.165, 1.54) is 4.90 Å². The predicted molar refractivity (Wildman–Crippen MR) is 143 cm³/mol. The highest BCUT2D eigenvalue weighted by molar-refractivity contribution is 6.51. The summed E-state index contributed by atoms with van der Waals surface area (Å²) in [7, 11) is 1.57. The Morgan fingerprint density at radius 3 is 2.38 bits per heavy atom. The number of carbonyl (C=O) groups excluding carboxylic acids is 2. The van der Waals surface area contributed by atoms with E-state index >= 15 is 0 Å². The predicted octanol–water partition coefficient (Wildman–Crippen LogP) is 5.10. The highest BCUT2D eigenvalue weighted by Crippen LogP contribution is 2.43. The van der Waals surface area contributed by atoms with E-state index in [1.54, 1.807) is 43.5 Å². The monoisotopic (exact) mass is 498 g/mol. The number of anilines is 2. The quantitative estimate of drug-likeness (QED) is 0.277. The number of fused-ring (bicyclic) bond motifs is 1. The van der Waals surface area contributed by atoms with Gasteiger partial charge in [-0.1, -0.05) is 12.1 Å². The third-order valence-electron chi connectivity index (χ3n) is 7.10. The Hall–Kier alpha value is -4.26. The molecule has 1 fully saturated rings. The number of aliphatic hydroxyl groups excluding tert-OH is 1. The van der Waals surface area contributed by atoms with Gasteiger partial charge < -0.3 is 19.5 Å². The van der Waals surface area contributed by atoms with Crippen molar-refractivity contribution in [3.8, 4) is 11.5 Å². The van der Waals surface area contributed by atoms with Crippen LogP contribution in [-0.2, 0) is 16.0 Å². The molecule has 0 spiro atoms. The second-order valence-electron chi connectivity index (χ2n) is 9.05. The van der Waals surface area contributed by atoms with Crippen LogP contribution in [0.5, 0.6) is 11.5 Å². The van der Waals surface area contributed by atoms with E-state index in [1.807, 2.05) is 30.3 Å². The highest BCUT2D eigenvalue weighted by Gasteiger charge is 2.47. The van der Waals surface area contributed by atoms with E-state index in [9.17, 15) is 14.7 Å². The van der Waals surface area contributed by atoms with Crippen molar-refractivity contribution in [2.45, 2.75) is 26.3 Å². The van der Waals surface area contributed by atoms with Gasteiger partial charge in [0.1, 0.15) is 17.3 Å². The van der Waals surface area contributed by atoms with Crippen LogP contribution in [0.25, 0.3) is 5.76 Å². The summed E-state index contributed by atoms with van der Waals surface area (Å²) in [6, 6.07) is 19.4. The van der Waals surface area contributed by atoms with Crippen molar-refractivity contribution in [3.05, 3.63) is 89.0 Å². The molecule has 0 saturated carbocycles. The molecule has 0 bridgehead atoms. The van der Waals surface area contributed by atoms with E-state index in [2.05, 4.69) is 18.7 Å². The van der Waals surface area contributed by atoms with Gasteiger partial charge in [0.05, 0.1) is 25.3 Å². The molecule has 2 aliphatic heterocycles. The summed E-state index contributed by atoms with van der Waals surface area (Å²) in [4.78, 5) is 30.5. The standard InChI is InChI=1S/C30H30N2O5/c1-4-31(5-2)22-9-6-19(7-10-22)27-26(28(33)21-8-15-25-20(18-21)16-17-37-25)29(34)30(35)32(27)23-11-13-24(36-3)14-12-23/h6-15,18,27,33H,4-5,16-17H2,1-3H3/b28-26-. The van der Waals surface area contributed by atoms with Crippen molar-refractivity contribution in [1.29, 1.82) is 0 Å². The lowest BCUT2D eigenvalue weighted by molar-refractivity contribution is -0.132. The number of hydrogen-bond donors (Lipinski definition) is 1. The van der Waals surface area contributed by atoms with Crippen LogP contribution in [0.2, 0.25) is 0 Å². The largest absolute Gasteiger partial charge is 0.507 e. The molecule has 5 rings (SSSR count). The third-order valence-corrected chi connectivity index (χ3v) is 7.10. The van der Waals surface area contributed by atoms with Crippen LogP contribution in [0, 0.1) is 0 Å². The molecule has 2 aliphatic rings. The fourth-order valence-electron chi connectivity index (χ4n) is 5.10. The van der Waals surface area contributed by atoms with Crippen molar-refractivity contribution >= 4 is 28.8 Å². The number of benzene rings is 3. The Bertz CT molecular complexity index is 1360. The fourth-order valence-corrected chi connectivity index (χ4v) is 5.10. The molecule has 3 aromatic rings. The van der Waals surface area contributed by atoms with E-state index in [0.29, 0.717) is 23.6 Å². The van der Waals surface area contributed by atoms with E-state index in [-0.39, 0.29) is 11.3 Å². The number of ether oxygens (including phenoxy) is 2. The smallest absolute Gasteiger partial charge is 0.300 e. The summed E-state index contributed by atoms with van der Waals surface area (Å²) >= 11 is 0. The zero-order valence-electron chi connectivity index (χ0n) is 21.2. The molecule has 190 valence electrons. The van der Waals surface area contributed by atoms with Crippen LogP contribution in [0.15, 0.2) is 72.3 Å². The first-order valence-corrected chi connectivity index (χ1v) is 12.5. The molecule has 7 nitrogen and oxygen atoms in total. The van der Waals surface area contributed by atoms with Gasteiger partial charge in [-0.15, -0.1) is 0 Å². The molecule has 1 N–H and O–H groups in total. The van der Waals surface area contributed by atoms with Gasteiger partial charge in [0, 0.05) is 36.4 Å². The molecular weight excluding hydrogens is 468 g/mol. The van der Waals surface area contributed by atoms with Crippen LogP contribution >= 0.6 is 0 Å². The molecule has 3 aromatic carbocycles. The summed E-state index contributed by atoms with van der Waals surface area (Å²) in [5, 5.41) is 11.4. The number of aliphatic hydroxyl groups is 1. The van der Waals surface area contributed by atoms with Crippen molar-refractivity contribution in [3.63, 3.8) is 0 Å². The maximum absolute atomic E-state index is 13.4. The van der Waals surface area contributed by atoms with Gasteiger partial charge in [0.25, 0.3) is 11.7 Å². The minimum absolute atomic E-state index is 0.0651. The summed E-state index contributed by atoms with van der Waals surface area (Å²) < 4.78 is 10.9. The second kappa shape index (κ2) is 10.0. The third kappa shape index (κ3) is 4.31. The fraction of sp³-hybridized carbons (Fsp3) is 0.267. The van der Waals surface area contributed by atoms with Crippen LogP contribution < -0.4 is 19.3 Å². The SMILES string of the molecule is CCN(CC)c1ccc(C2/C(=C(/O)c3ccc4c(c3)CCO4)C(=O)C(=O)N2c2ccc(OC)cc2)cc1. The molecule has 1 atom stereocenters. The van der Waals surface area contributed by atoms with Crippen molar-refractivity contribution in [2.24, 2.45) is 0 Å². The maximum Gasteiger partial charge on any atom is 0.300 e. The first-order chi connectivity index (χ1) is 18.0. The number of rotatable bonds is 7. The van der Waals surface area contributed by atoms with Gasteiger partial charge in [0.15, 0.2) is 0 Å². The molecule has 7 heteroatoms. The number of carbonyl (C=O) groups is 2. The Kier molecular flexibility index (Phi) is 6.61. The van der Waals surface area contributed by atoms with Gasteiger partial charge in [0.2, 0.25) is 0 Å². The minimum Gasteiger partial charge on any atom is -0.507 e. The highest BCUT2D eigenvalue weighted by atomic mass is 16.5. The van der Waals surface area contributed by atoms with Gasteiger partial charge in [-0.25, -0.2) is 0 Å². The van der Waals surface area contributed by atoms with Gasteiger partial charge in [-0.05, 0) is 79.6 Å². The molecule has 0 aliphatic carbocycles. The summed E-state index contributed by atoms with van der Waals surface area (Å²) in [5.41, 5.74) is 3.85. The zero-order valence-corrected chi connectivity index (χ0v) is 21.2. The average Bonchev–Trinajstić information content (AvgIpc) is 3.51. The molecule has 37 heavy (non-hydrogen) atoms. The van der Waals surface area contributed by atoms with E-state index < -0.39 is 17.7 Å². The van der Waals surface area contributed by atoms with Crippen LogP contribution in [0.3, 0.4) is 0 Å². The summed E-state index contributed by atoms with van der Waals surface area (Å²) in [5.74, 6) is -0.182. The Labute approximate surface area is 216 Å². The average molecular weight is 499 g/mol. The summed E-state index contributed by atoms with van der Waals surface area (Å²) in [6.45, 7) is 6.50. The lowest BCUT2D eigenvalue weighted by Gasteiger charge is -2.27. The number of nitrogens with zero attached hydrogens (tertiary/aromatic N) is 2. The molecule has 1 saturated heterocycles. The number of ketones is 1. The lowest BCUT2D eigenvalue weighted by Crippen LogP contribution is -2.29. The van der Waals surface area contributed by atoms with Crippen LogP contribution in [0.4, 0.5) is 11.4 Å². The Morgan fingerprint density at radius 2 is 1.73 bits per heavy atom. The number of Topliss-reactive ketones (excluding diaryl/α,β-unsaturated/α-hetero) is 1. The molecule has 0 aromatic heterocycles. The first-order valence-electron chi connectivity index (χ1n) is 12.5. The molecule has 0 radical (unpaired) electrons. The lowest BCUT2D eigenvalue weighted by atomic mass is 9.94. The van der Waals surface area contributed by atoms with Crippen molar-refractivity contribution in [1.82, 2.24) is 0 Å². The normalized spacial score (nSPS) is 18.0. The first kappa shape index (κ1) is 24.4. The van der Waals surface area contributed by atoms with Crippen molar-refractivity contribution in [2.75, 3.05) is 36.6 Å². The number of methoxy groups -OCH3 is 1. The minimum atomic E-state index is -0.788. The topological polar surface area (TPSA) is 79.3 Å².